The fourth-order valence-electron chi connectivity index (χ4n) is 2.46. The minimum atomic E-state index is -0.518. The highest BCUT2D eigenvalue weighted by Gasteiger charge is 2.28. The minimum Gasteiger partial charge on any atom is -0.468 e. The van der Waals surface area contributed by atoms with E-state index in [-0.39, 0.29) is 36.2 Å². The Balaban J connectivity index is 2.52. The molecule has 1 saturated heterocycles. The first-order chi connectivity index (χ1) is 9.86. The number of carbonyl (C=O) groups is 3. The first-order valence-corrected chi connectivity index (χ1v) is 7.25. The van der Waals surface area contributed by atoms with Crippen LogP contribution in [-0.4, -0.2) is 55.5 Å². The molecule has 2 atom stereocenters. The van der Waals surface area contributed by atoms with Crippen molar-refractivity contribution in [2.45, 2.75) is 32.7 Å². The van der Waals surface area contributed by atoms with Crippen molar-refractivity contribution >= 4 is 17.8 Å². The van der Waals surface area contributed by atoms with Gasteiger partial charge in [-0.3, -0.25) is 19.7 Å². The molecule has 7 heteroatoms. The zero-order valence-corrected chi connectivity index (χ0v) is 12.9. The summed E-state index contributed by atoms with van der Waals surface area (Å²) in [6, 6.07) is -0.518. The lowest BCUT2D eigenvalue weighted by atomic mass is 9.97. The first kappa shape index (κ1) is 17.4. The molecular formula is C14H25N3O4. The van der Waals surface area contributed by atoms with Gasteiger partial charge < -0.3 is 15.4 Å². The second-order valence-electron chi connectivity index (χ2n) is 5.71. The molecule has 1 aliphatic rings. The van der Waals surface area contributed by atoms with Crippen molar-refractivity contribution in [2.24, 2.45) is 17.6 Å². The summed E-state index contributed by atoms with van der Waals surface area (Å²) in [6.07, 6.45) is 1.49. The van der Waals surface area contributed by atoms with Crippen LogP contribution in [0.3, 0.4) is 0 Å². The number of hydrogen-bond acceptors (Lipinski definition) is 5. The molecule has 2 unspecified atom stereocenters. The van der Waals surface area contributed by atoms with Crippen molar-refractivity contribution in [1.82, 2.24) is 10.2 Å². The van der Waals surface area contributed by atoms with Gasteiger partial charge >= 0.3 is 5.97 Å². The van der Waals surface area contributed by atoms with Crippen LogP contribution in [0.5, 0.6) is 0 Å². The van der Waals surface area contributed by atoms with Crippen LogP contribution >= 0.6 is 0 Å². The fraction of sp³-hybridized carbons (Fsp3) is 0.786. The molecule has 0 aromatic rings. The van der Waals surface area contributed by atoms with E-state index in [2.05, 4.69) is 5.32 Å². The van der Waals surface area contributed by atoms with E-state index in [0.717, 1.165) is 12.8 Å². The minimum absolute atomic E-state index is 0.0185. The Bertz CT molecular complexity index is 398. The van der Waals surface area contributed by atoms with Crippen LogP contribution in [0, 0.1) is 11.8 Å². The maximum Gasteiger partial charge on any atom is 0.323 e. The van der Waals surface area contributed by atoms with Crippen LogP contribution in [0.15, 0.2) is 0 Å². The van der Waals surface area contributed by atoms with Crippen LogP contribution in [0.25, 0.3) is 0 Å². The molecule has 1 fully saturated rings. The molecule has 0 aromatic carbocycles. The zero-order chi connectivity index (χ0) is 16.0. The summed E-state index contributed by atoms with van der Waals surface area (Å²) in [7, 11) is 1.32. The van der Waals surface area contributed by atoms with Gasteiger partial charge in [0.25, 0.3) is 0 Å². The van der Waals surface area contributed by atoms with E-state index < -0.39 is 6.04 Å². The predicted octanol–water partition coefficient (Wildman–Crippen LogP) is -0.502. The van der Waals surface area contributed by atoms with Gasteiger partial charge in [-0.1, -0.05) is 13.8 Å². The monoisotopic (exact) mass is 299 g/mol. The highest BCUT2D eigenvalue weighted by molar-refractivity contribution is 5.82. The summed E-state index contributed by atoms with van der Waals surface area (Å²) >= 11 is 0. The molecule has 120 valence electrons. The van der Waals surface area contributed by atoms with Gasteiger partial charge in [0.2, 0.25) is 11.8 Å². The third-order valence-corrected chi connectivity index (χ3v) is 3.77. The van der Waals surface area contributed by atoms with Crippen LogP contribution < -0.4 is 11.1 Å². The average molecular weight is 299 g/mol. The number of nitrogens with zero attached hydrogens (tertiary/aromatic N) is 1. The lowest BCUT2D eigenvalue weighted by Gasteiger charge is -2.32. The summed E-state index contributed by atoms with van der Waals surface area (Å²) in [6.45, 7) is 4.78. The fourth-order valence-corrected chi connectivity index (χ4v) is 2.46. The Morgan fingerprint density at radius 2 is 2.05 bits per heavy atom. The lowest BCUT2D eigenvalue weighted by molar-refractivity contribution is -0.144. The van der Waals surface area contributed by atoms with Crippen molar-refractivity contribution in [1.29, 1.82) is 0 Å². The molecule has 0 radical (unpaired) electrons. The number of nitrogens with two attached hydrogens (primary N) is 1. The van der Waals surface area contributed by atoms with Crippen LogP contribution in [0.2, 0.25) is 0 Å². The maximum atomic E-state index is 12.2. The van der Waals surface area contributed by atoms with Gasteiger partial charge in [0, 0.05) is 13.1 Å². The summed E-state index contributed by atoms with van der Waals surface area (Å²) in [5.41, 5.74) is 5.30. The number of hydrogen-bond donors (Lipinski definition) is 2. The van der Waals surface area contributed by atoms with E-state index in [1.54, 1.807) is 4.90 Å². The number of esters is 1. The summed E-state index contributed by atoms with van der Waals surface area (Å²) in [4.78, 5) is 36.6. The Kier molecular flexibility index (Phi) is 6.61. The molecule has 3 N–H and O–H groups in total. The van der Waals surface area contributed by atoms with Crippen molar-refractivity contribution in [2.75, 3.05) is 26.7 Å². The van der Waals surface area contributed by atoms with Gasteiger partial charge in [-0.05, 0) is 18.8 Å². The molecular weight excluding hydrogens is 274 g/mol. The van der Waals surface area contributed by atoms with Crippen molar-refractivity contribution < 1.29 is 19.1 Å². The number of methoxy groups -OCH3 is 1. The van der Waals surface area contributed by atoms with Gasteiger partial charge in [0.1, 0.15) is 6.04 Å². The number of amides is 2. The molecule has 0 saturated carbocycles. The van der Waals surface area contributed by atoms with Gasteiger partial charge in [-0.15, -0.1) is 0 Å². The van der Waals surface area contributed by atoms with E-state index in [9.17, 15) is 14.4 Å². The molecule has 0 aromatic heterocycles. The second-order valence-corrected chi connectivity index (χ2v) is 5.71. The molecule has 0 spiro atoms. The van der Waals surface area contributed by atoms with Gasteiger partial charge in [0.05, 0.1) is 19.6 Å². The van der Waals surface area contributed by atoms with E-state index in [4.69, 9.17) is 10.5 Å². The van der Waals surface area contributed by atoms with E-state index in [0.29, 0.717) is 13.1 Å². The SMILES string of the molecule is COC(=O)C(NCC(=O)N1CCCC(C(N)=O)C1)C(C)C. The third kappa shape index (κ3) is 5.00. The number of carbonyl (C=O) groups excluding carboxylic acids is 3. The van der Waals surface area contributed by atoms with Crippen molar-refractivity contribution in [3.05, 3.63) is 0 Å². The highest BCUT2D eigenvalue weighted by atomic mass is 16.5. The molecule has 1 rings (SSSR count). The smallest absolute Gasteiger partial charge is 0.323 e. The largest absolute Gasteiger partial charge is 0.468 e. The van der Waals surface area contributed by atoms with Gasteiger partial charge in [-0.25, -0.2) is 0 Å². The highest BCUT2D eigenvalue weighted by Crippen LogP contribution is 2.16. The van der Waals surface area contributed by atoms with Gasteiger partial charge in [-0.2, -0.15) is 0 Å². The van der Waals surface area contributed by atoms with Crippen LogP contribution in [0.1, 0.15) is 26.7 Å². The number of likely N-dealkylation sites (tertiary alicyclic amines) is 1. The number of ether oxygens (including phenoxy) is 1. The van der Waals surface area contributed by atoms with Crippen LogP contribution in [0.4, 0.5) is 0 Å². The Morgan fingerprint density at radius 3 is 2.57 bits per heavy atom. The standard InChI is InChI=1S/C14H25N3O4/c1-9(2)12(14(20)21-3)16-7-11(18)17-6-4-5-10(8-17)13(15)19/h9-10,12,16H,4-8H2,1-3H3,(H2,15,19). The first-order valence-electron chi connectivity index (χ1n) is 7.25. The maximum absolute atomic E-state index is 12.2. The molecule has 0 bridgehead atoms. The molecule has 21 heavy (non-hydrogen) atoms. The topological polar surface area (TPSA) is 102 Å². The van der Waals surface area contributed by atoms with E-state index >= 15 is 0 Å². The number of primary amides is 1. The van der Waals surface area contributed by atoms with E-state index in [1.807, 2.05) is 13.8 Å². The summed E-state index contributed by atoms with van der Waals surface area (Å²) in [5, 5.41) is 2.93. The van der Waals surface area contributed by atoms with E-state index in [1.165, 1.54) is 7.11 Å². The Hall–Kier alpha value is -1.63. The second kappa shape index (κ2) is 7.97. The van der Waals surface area contributed by atoms with Crippen molar-refractivity contribution in [3.8, 4) is 0 Å². The third-order valence-electron chi connectivity index (χ3n) is 3.77. The predicted molar refractivity (Wildman–Crippen MR) is 77.1 cm³/mol. The normalized spacial score (nSPS) is 20.2. The van der Waals surface area contributed by atoms with Gasteiger partial charge in [0.15, 0.2) is 0 Å². The number of piperidine rings is 1. The lowest BCUT2D eigenvalue weighted by Crippen LogP contribution is -2.50. The zero-order valence-electron chi connectivity index (χ0n) is 12.9. The number of rotatable bonds is 6. The quantitative estimate of drug-likeness (QED) is 0.644. The molecule has 2 amide bonds. The molecule has 0 aliphatic carbocycles. The Labute approximate surface area is 125 Å². The Morgan fingerprint density at radius 1 is 1.38 bits per heavy atom. The summed E-state index contributed by atoms with van der Waals surface area (Å²) in [5.74, 6) is -1.13. The molecule has 7 nitrogen and oxygen atoms in total. The van der Waals surface area contributed by atoms with Crippen LogP contribution in [-0.2, 0) is 19.1 Å². The number of nitrogens with one attached hydrogen (secondary N) is 1. The summed E-state index contributed by atoms with van der Waals surface area (Å²) < 4.78 is 4.71. The molecule has 1 aliphatic heterocycles. The average Bonchev–Trinajstić information content (AvgIpc) is 2.46. The molecule has 1 heterocycles. The van der Waals surface area contributed by atoms with Crippen molar-refractivity contribution in [3.63, 3.8) is 0 Å².